The standard InChI is InChI=1S/C23H18NOSi.C11H7FN.Ir/c1-26(2)22-15-17-9-4-3-8-16(17)14-20(22)18-10-7-11-19(23(18)25-26)21-12-5-6-13-24-21;12-10-6-4-9(5-7-10)11-3-1-2-8-13-11;/h3-10,12-15H,1-2H3;1-4,6-8H;/q2*-1;. The fourth-order valence-corrected chi connectivity index (χ4v) is 7.05. The Labute approximate surface area is 248 Å². The van der Waals surface area contributed by atoms with Gasteiger partial charge in [-0.05, 0) is 64.2 Å². The van der Waals surface area contributed by atoms with Gasteiger partial charge in [-0.1, -0.05) is 65.7 Å². The van der Waals surface area contributed by atoms with Gasteiger partial charge < -0.3 is 14.4 Å². The van der Waals surface area contributed by atoms with Gasteiger partial charge in [-0.25, -0.2) is 0 Å². The van der Waals surface area contributed by atoms with Gasteiger partial charge in [0.25, 0.3) is 8.32 Å². The molecule has 0 amide bonds. The second-order valence-corrected chi connectivity index (χ2v) is 13.6. The van der Waals surface area contributed by atoms with Crippen LogP contribution in [0.5, 0.6) is 5.75 Å². The molecule has 0 aliphatic carbocycles. The maximum absolute atomic E-state index is 12.6. The molecule has 3 nitrogen and oxygen atoms in total. The van der Waals surface area contributed by atoms with Crippen molar-refractivity contribution < 1.29 is 28.9 Å². The maximum Gasteiger partial charge on any atom is 0.264 e. The summed E-state index contributed by atoms with van der Waals surface area (Å²) in [5, 5.41) is 3.88. The second-order valence-electron chi connectivity index (χ2n) is 9.80. The van der Waals surface area contributed by atoms with E-state index in [-0.39, 0.29) is 25.9 Å². The Hall–Kier alpha value is -3.96. The van der Waals surface area contributed by atoms with E-state index in [4.69, 9.17) is 4.43 Å². The van der Waals surface area contributed by atoms with Crippen molar-refractivity contribution in [3.05, 3.63) is 133 Å². The van der Waals surface area contributed by atoms with E-state index in [0.717, 1.165) is 33.8 Å². The Balaban J connectivity index is 0.000000195. The normalized spacial score (nSPS) is 12.6. The molecule has 1 radical (unpaired) electrons. The molecule has 0 atom stereocenters. The third-order valence-corrected chi connectivity index (χ3v) is 9.19. The fourth-order valence-electron chi connectivity index (χ4n) is 4.86. The second kappa shape index (κ2) is 11.6. The van der Waals surface area contributed by atoms with Crippen molar-refractivity contribution >= 4 is 24.3 Å². The first kappa shape index (κ1) is 27.6. The maximum atomic E-state index is 12.6. The SMILES string of the molecule is C[Si]1(C)Oc2c(-c3ccccn3)[c-]ccc2-c2cc3ccccc3cc21.Fc1c[c-]c(-c2ccccn2)cc1.[Ir]. The molecule has 0 spiro atoms. The Kier molecular flexibility index (Phi) is 8.03. The summed E-state index contributed by atoms with van der Waals surface area (Å²) in [6.45, 7) is 4.53. The summed E-state index contributed by atoms with van der Waals surface area (Å²) in [5.41, 5.74) is 5.88. The molecule has 6 aromatic rings. The number of rotatable bonds is 2. The number of halogens is 1. The summed E-state index contributed by atoms with van der Waals surface area (Å²) in [6, 6.07) is 39.3. The molecule has 7 rings (SSSR count). The van der Waals surface area contributed by atoms with Crippen LogP contribution in [0, 0.1) is 17.9 Å². The van der Waals surface area contributed by atoms with Crippen LogP contribution in [0.3, 0.4) is 0 Å². The van der Waals surface area contributed by atoms with Crippen LogP contribution in [0.25, 0.3) is 44.4 Å². The molecule has 0 N–H and O–H groups in total. The van der Waals surface area contributed by atoms with E-state index in [1.54, 1.807) is 12.3 Å². The summed E-state index contributed by atoms with van der Waals surface area (Å²) >= 11 is 0. The fraction of sp³-hybridized carbons (Fsp3) is 0.0588. The molecule has 4 aromatic carbocycles. The zero-order chi connectivity index (χ0) is 26.8. The zero-order valence-electron chi connectivity index (χ0n) is 22.0. The van der Waals surface area contributed by atoms with Crippen LogP contribution in [-0.2, 0) is 20.1 Å². The minimum absolute atomic E-state index is 0. The van der Waals surface area contributed by atoms with Crippen molar-refractivity contribution in [2.75, 3.05) is 0 Å². The number of nitrogens with zero attached hydrogens (tertiary/aromatic N) is 2. The van der Waals surface area contributed by atoms with Gasteiger partial charge in [0.05, 0.1) is 0 Å². The van der Waals surface area contributed by atoms with Crippen molar-refractivity contribution in [3.63, 3.8) is 0 Å². The molecule has 2 aromatic heterocycles. The Morgan fingerprint density at radius 1 is 0.725 bits per heavy atom. The van der Waals surface area contributed by atoms with Crippen LogP contribution in [0.4, 0.5) is 4.39 Å². The van der Waals surface area contributed by atoms with E-state index in [1.165, 1.54) is 33.7 Å². The van der Waals surface area contributed by atoms with Gasteiger partial charge in [0.2, 0.25) is 0 Å². The topological polar surface area (TPSA) is 35.0 Å². The number of hydrogen-bond acceptors (Lipinski definition) is 3. The molecule has 0 saturated carbocycles. The molecule has 199 valence electrons. The summed E-state index contributed by atoms with van der Waals surface area (Å²) in [5.74, 6) is 0.644. The van der Waals surface area contributed by atoms with Crippen LogP contribution in [-0.4, -0.2) is 18.3 Å². The van der Waals surface area contributed by atoms with Gasteiger partial charge in [0.1, 0.15) is 0 Å². The van der Waals surface area contributed by atoms with Gasteiger partial charge in [-0.15, -0.1) is 48.0 Å². The summed E-state index contributed by atoms with van der Waals surface area (Å²) < 4.78 is 19.2. The predicted molar refractivity (Wildman–Crippen MR) is 158 cm³/mol. The third kappa shape index (κ3) is 5.52. The van der Waals surface area contributed by atoms with E-state index in [2.05, 4.69) is 77.7 Å². The molecule has 3 heterocycles. The Bertz CT molecular complexity index is 1760. The summed E-state index contributed by atoms with van der Waals surface area (Å²) in [7, 11) is -2.09. The molecule has 6 heteroatoms. The van der Waals surface area contributed by atoms with Crippen LogP contribution in [0.2, 0.25) is 13.1 Å². The number of pyridine rings is 2. The molecule has 0 fully saturated rings. The zero-order valence-corrected chi connectivity index (χ0v) is 25.4. The van der Waals surface area contributed by atoms with Gasteiger partial charge in [-0.2, -0.15) is 0 Å². The summed E-state index contributed by atoms with van der Waals surface area (Å²) in [4.78, 5) is 8.64. The van der Waals surface area contributed by atoms with Gasteiger partial charge in [0.15, 0.2) is 0 Å². The Morgan fingerprint density at radius 3 is 2.05 bits per heavy atom. The van der Waals surface area contributed by atoms with Crippen LogP contribution in [0.1, 0.15) is 0 Å². The van der Waals surface area contributed by atoms with Gasteiger partial charge in [-0.3, -0.25) is 4.39 Å². The first-order valence-corrected chi connectivity index (χ1v) is 15.7. The smallest absolute Gasteiger partial charge is 0.264 e. The minimum atomic E-state index is -2.09. The van der Waals surface area contributed by atoms with E-state index < -0.39 is 8.32 Å². The molecule has 0 bridgehead atoms. The van der Waals surface area contributed by atoms with Crippen molar-refractivity contribution in [1.82, 2.24) is 9.97 Å². The minimum Gasteiger partial charge on any atom is -0.583 e. The van der Waals surface area contributed by atoms with E-state index >= 15 is 0 Å². The van der Waals surface area contributed by atoms with Crippen LogP contribution < -0.4 is 9.61 Å². The van der Waals surface area contributed by atoms with Crippen molar-refractivity contribution in [3.8, 4) is 39.4 Å². The Morgan fingerprint density at radius 2 is 1.40 bits per heavy atom. The molecule has 0 saturated heterocycles. The molecule has 0 unspecified atom stereocenters. The van der Waals surface area contributed by atoms with E-state index in [1.807, 2.05) is 48.7 Å². The number of hydrogen-bond donors (Lipinski definition) is 0. The monoisotopic (exact) mass is 717 g/mol. The van der Waals surface area contributed by atoms with Crippen molar-refractivity contribution in [1.29, 1.82) is 0 Å². The van der Waals surface area contributed by atoms with Crippen molar-refractivity contribution in [2.45, 2.75) is 13.1 Å². The quantitative estimate of drug-likeness (QED) is 0.135. The van der Waals surface area contributed by atoms with Crippen molar-refractivity contribution in [2.24, 2.45) is 0 Å². The number of benzene rings is 4. The van der Waals surface area contributed by atoms with E-state index in [9.17, 15) is 4.39 Å². The predicted octanol–water partition coefficient (Wildman–Crippen LogP) is 7.86. The summed E-state index contributed by atoms with van der Waals surface area (Å²) in [6.07, 6.45) is 3.52. The van der Waals surface area contributed by atoms with Gasteiger partial charge in [0, 0.05) is 44.1 Å². The van der Waals surface area contributed by atoms with E-state index in [0.29, 0.717) is 0 Å². The number of aromatic nitrogens is 2. The molecule has 40 heavy (non-hydrogen) atoms. The van der Waals surface area contributed by atoms with Crippen LogP contribution >= 0.6 is 0 Å². The van der Waals surface area contributed by atoms with Crippen LogP contribution in [0.15, 0.2) is 116 Å². The first-order chi connectivity index (χ1) is 19.0. The average molecular weight is 717 g/mol. The third-order valence-electron chi connectivity index (χ3n) is 6.77. The molecular weight excluding hydrogens is 692 g/mol. The number of fused-ring (bicyclic) bond motifs is 4. The molecular formula is C34H25FIrN2OSi-2. The first-order valence-electron chi connectivity index (χ1n) is 12.8. The largest absolute Gasteiger partial charge is 0.583 e. The van der Waals surface area contributed by atoms with Gasteiger partial charge >= 0.3 is 0 Å². The molecule has 1 aliphatic rings. The average Bonchev–Trinajstić information content (AvgIpc) is 2.98. The molecule has 1 aliphatic heterocycles.